The third kappa shape index (κ3) is 4.20. The van der Waals surface area contributed by atoms with Gasteiger partial charge in [0.25, 0.3) is 0 Å². The normalized spacial score (nSPS) is 22.8. The van der Waals surface area contributed by atoms with E-state index in [2.05, 4.69) is 5.32 Å². The first-order chi connectivity index (χ1) is 8.56. The highest BCUT2D eigenvalue weighted by Gasteiger charge is 2.30. The molecule has 2 amide bonds. The minimum atomic E-state index is -0.892. The van der Waals surface area contributed by atoms with Crippen molar-refractivity contribution in [2.75, 3.05) is 6.54 Å². The summed E-state index contributed by atoms with van der Waals surface area (Å²) in [6, 6.07) is -0.828. The van der Waals surface area contributed by atoms with Crippen molar-refractivity contribution in [3.8, 4) is 0 Å². The molecule has 2 unspecified atom stereocenters. The highest BCUT2D eigenvalue weighted by Crippen LogP contribution is 2.17. The summed E-state index contributed by atoms with van der Waals surface area (Å²) >= 11 is 0. The number of urea groups is 1. The van der Waals surface area contributed by atoms with Gasteiger partial charge in [0.2, 0.25) is 0 Å². The number of hydrogen-bond acceptors (Lipinski definition) is 2. The van der Waals surface area contributed by atoms with E-state index in [4.69, 9.17) is 0 Å². The number of nitrogens with zero attached hydrogens (tertiary/aromatic N) is 1. The van der Waals surface area contributed by atoms with Gasteiger partial charge in [0, 0.05) is 12.6 Å². The van der Waals surface area contributed by atoms with Crippen molar-refractivity contribution >= 4 is 12.0 Å². The first-order valence-electron chi connectivity index (χ1n) is 6.86. The minimum absolute atomic E-state index is 0.0809. The van der Waals surface area contributed by atoms with Gasteiger partial charge in [0.1, 0.15) is 6.04 Å². The Morgan fingerprint density at radius 1 is 1.33 bits per heavy atom. The third-order valence-electron chi connectivity index (χ3n) is 3.53. The second kappa shape index (κ2) is 7.24. The second-order valence-corrected chi connectivity index (χ2v) is 5.01. The summed E-state index contributed by atoms with van der Waals surface area (Å²) < 4.78 is 0. The first-order valence-corrected chi connectivity index (χ1v) is 6.86. The maximum absolute atomic E-state index is 12.1. The average Bonchev–Trinajstić information content (AvgIpc) is 2.27. The zero-order valence-corrected chi connectivity index (χ0v) is 11.3. The molecule has 0 aromatic carbocycles. The van der Waals surface area contributed by atoms with Crippen LogP contribution in [0.15, 0.2) is 0 Å². The molecular weight excluding hydrogens is 232 g/mol. The van der Waals surface area contributed by atoms with Crippen molar-refractivity contribution in [2.24, 2.45) is 0 Å². The largest absolute Gasteiger partial charge is 0.480 e. The Morgan fingerprint density at radius 2 is 2.00 bits per heavy atom. The van der Waals surface area contributed by atoms with Gasteiger partial charge in [-0.1, -0.05) is 26.2 Å². The van der Waals surface area contributed by atoms with Crippen molar-refractivity contribution < 1.29 is 14.7 Å². The van der Waals surface area contributed by atoms with Gasteiger partial charge >= 0.3 is 12.0 Å². The predicted octanol–water partition coefficient (Wildman–Crippen LogP) is 2.21. The fourth-order valence-electron chi connectivity index (χ4n) is 2.18. The SMILES string of the molecule is CCC(C)NC(=O)N1CCCCCCC1C(=O)O. The maximum atomic E-state index is 12.1. The van der Waals surface area contributed by atoms with Crippen LogP contribution in [0.1, 0.15) is 52.4 Å². The Labute approximate surface area is 109 Å². The van der Waals surface area contributed by atoms with E-state index in [1.807, 2.05) is 13.8 Å². The molecule has 1 rings (SSSR count). The van der Waals surface area contributed by atoms with Crippen LogP contribution in [0.4, 0.5) is 4.79 Å². The maximum Gasteiger partial charge on any atom is 0.326 e. The number of aliphatic carboxylic acids is 1. The molecule has 1 aliphatic heterocycles. The molecule has 5 heteroatoms. The Morgan fingerprint density at radius 3 is 2.61 bits per heavy atom. The standard InChI is InChI=1S/C13H24N2O3/c1-3-10(2)14-13(18)15-9-7-5-4-6-8-11(15)12(16)17/h10-11H,3-9H2,1-2H3,(H,14,18)(H,16,17). The van der Waals surface area contributed by atoms with E-state index < -0.39 is 12.0 Å². The monoisotopic (exact) mass is 256 g/mol. The van der Waals surface area contributed by atoms with Crippen LogP contribution in [-0.4, -0.2) is 40.6 Å². The molecule has 18 heavy (non-hydrogen) atoms. The number of likely N-dealkylation sites (tertiary alicyclic amines) is 1. The molecule has 0 saturated carbocycles. The molecule has 1 saturated heterocycles. The quantitative estimate of drug-likeness (QED) is 0.813. The van der Waals surface area contributed by atoms with Crippen molar-refractivity contribution in [3.05, 3.63) is 0 Å². The van der Waals surface area contributed by atoms with E-state index in [0.29, 0.717) is 13.0 Å². The molecule has 0 aromatic heterocycles. The van der Waals surface area contributed by atoms with Crippen LogP contribution in [0.2, 0.25) is 0 Å². The van der Waals surface area contributed by atoms with Crippen LogP contribution in [0.5, 0.6) is 0 Å². The molecule has 0 aliphatic carbocycles. The fourth-order valence-corrected chi connectivity index (χ4v) is 2.18. The number of carbonyl (C=O) groups is 2. The van der Waals surface area contributed by atoms with Crippen LogP contribution >= 0.6 is 0 Å². The van der Waals surface area contributed by atoms with Crippen LogP contribution in [-0.2, 0) is 4.79 Å². The van der Waals surface area contributed by atoms with Crippen LogP contribution in [0, 0.1) is 0 Å². The zero-order chi connectivity index (χ0) is 13.5. The number of carboxylic acids is 1. The van der Waals surface area contributed by atoms with E-state index in [0.717, 1.165) is 32.1 Å². The highest BCUT2D eigenvalue weighted by molar-refractivity contribution is 5.82. The molecule has 0 spiro atoms. The van der Waals surface area contributed by atoms with Gasteiger partial charge in [0.05, 0.1) is 0 Å². The van der Waals surface area contributed by atoms with Gasteiger partial charge in [-0.05, 0) is 26.2 Å². The molecule has 1 heterocycles. The summed E-state index contributed by atoms with van der Waals surface area (Å²) in [5, 5.41) is 12.1. The molecule has 1 fully saturated rings. The van der Waals surface area contributed by atoms with Gasteiger partial charge in [-0.2, -0.15) is 0 Å². The molecule has 0 aromatic rings. The zero-order valence-electron chi connectivity index (χ0n) is 11.3. The van der Waals surface area contributed by atoms with Crippen molar-refractivity contribution in [1.29, 1.82) is 0 Å². The van der Waals surface area contributed by atoms with E-state index in [-0.39, 0.29) is 12.1 Å². The smallest absolute Gasteiger partial charge is 0.326 e. The number of amides is 2. The lowest BCUT2D eigenvalue weighted by atomic mass is 10.0. The molecule has 0 bridgehead atoms. The second-order valence-electron chi connectivity index (χ2n) is 5.01. The van der Waals surface area contributed by atoms with Gasteiger partial charge in [-0.25, -0.2) is 9.59 Å². The van der Waals surface area contributed by atoms with Crippen molar-refractivity contribution in [3.63, 3.8) is 0 Å². The fraction of sp³-hybridized carbons (Fsp3) is 0.846. The third-order valence-corrected chi connectivity index (χ3v) is 3.53. The predicted molar refractivity (Wildman–Crippen MR) is 69.5 cm³/mol. The minimum Gasteiger partial charge on any atom is -0.480 e. The van der Waals surface area contributed by atoms with Crippen LogP contribution < -0.4 is 5.32 Å². The van der Waals surface area contributed by atoms with E-state index in [1.165, 1.54) is 4.90 Å². The Balaban J connectivity index is 2.70. The van der Waals surface area contributed by atoms with Crippen LogP contribution in [0.3, 0.4) is 0 Å². The Kier molecular flexibility index (Phi) is 5.95. The first kappa shape index (κ1) is 14.8. The summed E-state index contributed by atoms with van der Waals surface area (Å²) in [5.41, 5.74) is 0. The lowest BCUT2D eigenvalue weighted by Gasteiger charge is -2.31. The van der Waals surface area contributed by atoms with Gasteiger partial charge in [-0.15, -0.1) is 0 Å². The van der Waals surface area contributed by atoms with Crippen molar-refractivity contribution in [2.45, 2.75) is 64.5 Å². The molecule has 0 radical (unpaired) electrons. The van der Waals surface area contributed by atoms with Crippen LogP contribution in [0.25, 0.3) is 0 Å². The highest BCUT2D eigenvalue weighted by atomic mass is 16.4. The topological polar surface area (TPSA) is 69.6 Å². The summed E-state index contributed by atoms with van der Waals surface area (Å²) in [7, 11) is 0. The molecule has 2 N–H and O–H groups in total. The summed E-state index contributed by atoms with van der Waals surface area (Å²) in [5.74, 6) is -0.892. The van der Waals surface area contributed by atoms with Gasteiger partial charge in [-0.3, -0.25) is 0 Å². The lowest BCUT2D eigenvalue weighted by Crippen LogP contribution is -2.52. The average molecular weight is 256 g/mol. The summed E-state index contributed by atoms with van der Waals surface area (Å²) in [6.07, 6.45) is 5.30. The van der Waals surface area contributed by atoms with E-state index in [1.54, 1.807) is 0 Å². The molecule has 5 nitrogen and oxygen atoms in total. The van der Waals surface area contributed by atoms with Crippen molar-refractivity contribution in [1.82, 2.24) is 10.2 Å². The summed E-state index contributed by atoms with van der Waals surface area (Å²) in [6.45, 7) is 4.46. The van der Waals surface area contributed by atoms with Gasteiger partial charge < -0.3 is 15.3 Å². The van der Waals surface area contributed by atoms with E-state index >= 15 is 0 Å². The lowest BCUT2D eigenvalue weighted by molar-refractivity contribution is -0.142. The number of rotatable bonds is 3. The molecular formula is C13H24N2O3. The molecule has 104 valence electrons. The number of carboxylic acid groups (broad SMARTS) is 1. The van der Waals surface area contributed by atoms with Gasteiger partial charge in [0.15, 0.2) is 0 Å². The number of carbonyl (C=O) groups excluding carboxylic acids is 1. The molecule has 2 atom stereocenters. The Bertz CT molecular complexity index is 294. The Hall–Kier alpha value is -1.26. The van der Waals surface area contributed by atoms with E-state index in [9.17, 15) is 14.7 Å². The molecule has 1 aliphatic rings. The number of hydrogen-bond donors (Lipinski definition) is 2. The summed E-state index contributed by atoms with van der Waals surface area (Å²) in [4.78, 5) is 24.9. The number of nitrogens with one attached hydrogen (secondary N) is 1.